The van der Waals surface area contributed by atoms with Crippen LogP contribution in [-0.4, -0.2) is 10.7 Å². The summed E-state index contributed by atoms with van der Waals surface area (Å²) in [4.78, 5) is 4.37. The summed E-state index contributed by atoms with van der Waals surface area (Å²) in [6.45, 7) is 0. The molecule has 1 aromatic heterocycles. The highest BCUT2D eigenvalue weighted by Gasteiger charge is 2.10. The molecule has 0 aliphatic heterocycles. The summed E-state index contributed by atoms with van der Waals surface area (Å²) in [7, 11) is 0. The van der Waals surface area contributed by atoms with Crippen molar-refractivity contribution in [3.8, 4) is 0 Å². The first-order chi connectivity index (χ1) is 9.72. The van der Waals surface area contributed by atoms with Crippen molar-refractivity contribution < 1.29 is 8.81 Å². The Bertz CT molecular complexity index is 678. The lowest BCUT2D eigenvalue weighted by Crippen LogP contribution is -2.12. The van der Waals surface area contributed by atoms with E-state index in [2.05, 4.69) is 4.98 Å². The van der Waals surface area contributed by atoms with E-state index in [1.165, 1.54) is 23.9 Å². The zero-order valence-electron chi connectivity index (χ0n) is 10.6. The van der Waals surface area contributed by atoms with Crippen molar-refractivity contribution in [3.63, 3.8) is 0 Å². The molecule has 0 saturated heterocycles. The molecule has 0 aliphatic carbocycles. The van der Waals surface area contributed by atoms with E-state index in [0.717, 1.165) is 16.7 Å². The number of nitrogens with two attached hydrogens (primary N) is 1. The quantitative estimate of drug-likeness (QED) is 0.743. The van der Waals surface area contributed by atoms with E-state index in [1.54, 1.807) is 12.1 Å². The van der Waals surface area contributed by atoms with Crippen molar-refractivity contribution in [2.45, 2.75) is 11.3 Å². The summed E-state index contributed by atoms with van der Waals surface area (Å²) in [5, 5.41) is 0.601. The van der Waals surface area contributed by atoms with Crippen molar-refractivity contribution in [2.24, 2.45) is 5.73 Å². The third-order valence-electron chi connectivity index (χ3n) is 2.96. The number of aromatic nitrogens is 1. The minimum atomic E-state index is -0.257. The molecule has 0 aliphatic rings. The predicted molar refractivity (Wildman–Crippen MR) is 78.1 cm³/mol. The third kappa shape index (κ3) is 2.84. The molecule has 0 spiro atoms. The maximum absolute atomic E-state index is 12.8. The van der Waals surface area contributed by atoms with Crippen LogP contribution in [0, 0.1) is 5.82 Å². The second-order valence-electron chi connectivity index (χ2n) is 4.42. The maximum Gasteiger partial charge on any atom is 0.256 e. The largest absolute Gasteiger partial charge is 0.431 e. The molecule has 0 fully saturated rings. The van der Waals surface area contributed by atoms with Gasteiger partial charge in [-0.15, -0.1) is 0 Å². The van der Waals surface area contributed by atoms with Gasteiger partial charge < -0.3 is 10.2 Å². The van der Waals surface area contributed by atoms with Gasteiger partial charge in [0.15, 0.2) is 5.58 Å². The van der Waals surface area contributed by atoms with E-state index < -0.39 is 0 Å². The summed E-state index contributed by atoms with van der Waals surface area (Å²) in [5.41, 5.74) is 8.58. The number of benzene rings is 2. The Kier molecular flexibility index (Phi) is 3.71. The van der Waals surface area contributed by atoms with Crippen molar-refractivity contribution in [1.29, 1.82) is 0 Å². The second kappa shape index (κ2) is 5.64. The molecule has 3 nitrogen and oxygen atoms in total. The van der Waals surface area contributed by atoms with Gasteiger partial charge in [-0.25, -0.2) is 9.37 Å². The normalized spacial score (nSPS) is 12.7. The number of para-hydroxylation sites is 2. The molecule has 0 amide bonds. The molecular formula is C15H13FN2OS. The number of fused-ring (bicyclic) bond motifs is 1. The van der Waals surface area contributed by atoms with E-state index in [1.807, 2.05) is 24.3 Å². The van der Waals surface area contributed by atoms with Gasteiger partial charge in [-0.05, 0) is 29.8 Å². The summed E-state index contributed by atoms with van der Waals surface area (Å²) in [6, 6.07) is 13.7. The van der Waals surface area contributed by atoms with Gasteiger partial charge >= 0.3 is 0 Å². The number of hydrogen-bond acceptors (Lipinski definition) is 4. The molecule has 1 heterocycles. The highest BCUT2D eigenvalue weighted by Crippen LogP contribution is 2.26. The lowest BCUT2D eigenvalue weighted by atomic mass is 10.1. The first kappa shape index (κ1) is 13.1. The fourth-order valence-corrected chi connectivity index (χ4v) is 2.71. The van der Waals surface area contributed by atoms with Gasteiger partial charge in [0.2, 0.25) is 0 Å². The molecule has 5 heteroatoms. The Morgan fingerprint density at radius 3 is 2.65 bits per heavy atom. The van der Waals surface area contributed by atoms with Crippen LogP contribution in [0.4, 0.5) is 4.39 Å². The zero-order valence-corrected chi connectivity index (χ0v) is 11.4. The maximum atomic E-state index is 12.8. The average Bonchev–Trinajstić information content (AvgIpc) is 2.88. The molecule has 20 heavy (non-hydrogen) atoms. The van der Waals surface area contributed by atoms with Crippen LogP contribution in [0.2, 0.25) is 0 Å². The fourth-order valence-electron chi connectivity index (χ4n) is 1.88. The molecular weight excluding hydrogens is 275 g/mol. The van der Waals surface area contributed by atoms with Crippen LogP contribution >= 0.6 is 11.8 Å². The highest BCUT2D eigenvalue weighted by atomic mass is 32.2. The molecule has 0 bridgehead atoms. The minimum Gasteiger partial charge on any atom is -0.431 e. The van der Waals surface area contributed by atoms with Crippen molar-refractivity contribution in [2.75, 3.05) is 5.75 Å². The number of oxazole rings is 1. The van der Waals surface area contributed by atoms with Gasteiger partial charge in [-0.2, -0.15) is 0 Å². The van der Waals surface area contributed by atoms with Crippen LogP contribution in [0.3, 0.4) is 0 Å². The molecule has 3 aromatic rings. The lowest BCUT2D eigenvalue weighted by molar-refractivity contribution is 0.489. The van der Waals surface area contributed by atoms with Gasteiger partial charge in [0.05, 0.1) is 0 Å². The third-order valence-corrected chi connectivity index (χ3v) is 3.91. The van der Waals surface area contributed by atoms with Gasteiger partial charge in [0.1, 0.15) is 11.3 Å². The molecule has 1 unspecified atom stereocenters. The number of rotatable bonds is 4. The molecule has 0 radical (unpaired) electrons. The molecule has 2 N–H and O–H groups in total. The van der Waals surface area contributed by atoms with Crippen molar-refractivity contribution in [1.82, 2.24) is 4.98 Å². The van der Waals surface area contributed by atoms with E-state index in [0.29, 0.717) is 11.0 Å². The van der Waals surface area contributed by atoms with Crippen molar-refractivity contribution >= 4 is 22.9 Å². The van der Waals surface area contributed by atoms with Crippen LogP contribution in [0.1, 0.15) is 11.6 Å². The van der Waals surface area contributed by atoms with Crippen LogP contribution in [0.15, 0.2) is 58.2 Å². The summed E-state index contributed by atoms with van der Waals surface area (Å²) in [5.74, 6) is 0.367. The number of hydrogen-bond donors (Lipinski definition) is 1. The zero-order chi connectivity index (χ0) is 13.9. The van der Waals surface area contributed by atoms with E-state index >= 15 is 0 Å². The lowest BCUT2D eigenvalue weighted by Gasteiger charge is -2.09. The Labute approximate surface area is 120 Å². The van der Waals surface area contributed by atoms with Crippen molar-refractivity contribution in [3.05, 3.63) is 59.9 Å². The number of thioether (sulfide) groups is 1. The number of halogens is 1. The van der Waals surface area contributed by atoms with Crippen LogP contribution in [-0.2, 0) is 0 Å². The monoisotopic (exact) mass is 288 g/mol. The summed E-state index contributed by atoms with van der Waals surface area (Å²) >= 11 is 1.46. The van der Waals surface area contributed by atoms with Gasteiger partial charge in [0.25, 0.3) is 5.22 Å². The Morgan fingerprint density at radius 1 is 1.15 bits per heavy atom. The van der Waals surface area contributed by atoms with E-state index in [4.69, 9.17) is 10.2 Å². The standard InChI is InChI=1S/C15H13FN2OS/c16-11-7-5-10(6-8-11)12(17)9-20-15-18-13-3-1-2-4-14(13)19-15/h1-8,12H,9,17H2. The molecule has 3 rings (SSSR count). The van der Waals surface area contributed by atoms with Gasteiger partial charge in [-0.3, -0.25) is 0 Å². The topological polar surface area (TPSA) is 52.0 Å². The minimum absolute atomic E-state index is 0.185. The van der Waals surface area contributed by atoms with E-state index in [9.17, 15) is 4.39 Å². The molecule has 2 aromatic carbocycles. The Hall–Kier alpha value is -1.85. The number of nitrogens with zero attached hydrogens (tertiary/aromatic N) is 1. The van der Waals surface area contributed by atoms with Crippen LogP contribution < -0.4 is 5.73 Å². The smallest absolute Gasteiger partial charge is 0.256 e. The van der Waals surface area contributed by atoms with Crippen LogP contribution in [0.5, 0.6) is 0 Å². The SMILES string of the molecule is NC(CSc1nc2ccccc2o1)c1ccc(F)cc1. The molecule has 1 atom stereocenters. The van der Waals surface area contributed by atoms with E-state index in [-0.39, 0.29) is 11.9 Å². The second-order valence-corrected chi connectivity index (χ2v) is 5.39. The summed E-state index contributed by atoms with van der Waals surface area (Å²) in [6.07, 6.45) is 0. The predicted octanol–water partition coefficient (Wildman–Crippen LogP) is 3.76. The Morgan fingerprint density at radius 2 is 1.90 bits per heavy atom. The highest BCUT2D eigenvalue weighted by molar-refractivity contribution is 7.99. The van der Waals surface area contributed by atoms with Gasteiger partial charge in [-0.1, -0.05) is 36.0 Å². The van der Waals surface area contributed by atoms with Gasteiger partial charge in [0, 0.05) is 11.8 Å². The average molecular weight is 288 g/mol. The fraction of sp³-hybridized carbons (Fsp3) is 0.133. The summed E-state index contributed by atoms with van der Waals surface area (Å²) < 4.78 is 18.5. The first-order valence-electron chi connectivity index (χ1n) is 6.22. The molecule has 102 valence electrons. The molecule has 0 saturated carbocycles. The van der Waals surface area contributed by atoms with Crippen LogP contribution in [0.25, 0.3) is 11.1 Å². The first-order valence-corrected chi connectivity index (χ1v) is 7.20. The Balaban J connectivity index is 1.68.